The van der Waals surface area contributed by atoms with Crippen molar-refractivity contribution in [2.75, 3.05) is 40.1 Å². The maximum absolute atomic E-state index is 5.89. The molecule has 0 aromatic carbocycles. The molecule has 0 N–H and O–H groups in total. The molecule has 1 rings (SSSR count). The third kappa shape index (κ3) is 8.78. The van der Waals surface area contributed by atoms with Crippen LogP contribution < -0.4 is 14.2 Å². The van der Waals surface area contributed by atoms with Gasteiger partial charge in [0.15, 0.2) is 0 Å². The Morgan fingerprint density at radius 1 is 0.857 bits per heavy atom. The highest BCUT2D eigenvalue weighted by Gasteiger charge is 2.39. The SMILES string of the molecule is C=CCOc1nc(OCC=C)nc(OCCC[Si](OC)(OCC)OCCC)n1. The fourth-order valence-corrected chi connectivity index (χ4v) is 4.46. The normalized spacial score (nSPS) is 12.8. The van der Waals surface area contributed by atoms with Gasteiger partial charge >= 0.3 is 26.8 Å². The first-order valence-electron chi connectivity index (χ1n) is 9.32. The third-order valence-corrected chi connectivity index (χ3v) is 6.25. The lowest BCUT2D eigenvalue weighted by molar-refractivity contribution is 0.0799. The molecule has 28 heavy (non-hydrogen) atoms. The van der Waals surface area contributed by atoms with E-state index in [2.05, 4.69) is 28.1 Å². The molecule has 0 radical (unpaired) electrons. The molecule has 1 heterocycles. The molecule has 0 amide bonds. The molecule has 1 unspecified atom stereocenters. The summed E-state index contributed by atoms with van der Waals surface area (Å²) < 4.78 is 33.6. The topological polar surface area (TPSA) is 94.1 Å². The zero-order valence-electron chi connectivity index (χ0n) is 17.0. The quantitative estimate of drug-likeness (QED) is 0.217. The molecular formula is C18H31N3O6Si. The number of rotatable bonds is 17. The van der Waals surface area contributed by atoms with E-state index in [1.54, 1.807) is 19.3 Å². The second-order valence-electron chi connectivity index (χ2n) is 5.50. The molecule has 9 nitrogen and oxygen atoms in total. The van der Waals surface area contributed by atoms with Crippen LogP contribution in [0.3, 0.4) is 0 Å². The van der Waals surface area contributed by atoms with Gasteiger partial charge in [-0.25, -0.2) is 0 Å². The molecule has 10 heteroatoms. The molecule has 0 saturated carbocycles. The first-order chi connectivity index (χ1) is 13.6. The largest absolute Gasteiger partial charge is 0.500 e. The van der Waals surface area contributed by atoms with Crippen LogP contribution in [0.25, 0.3) is 0 Å². The molecule has 0 aliphatic carbocycles. The van der Waals surface area contributed by atoms with Crippen LogP contribution in [0.4, 0.5) is 0 Å². The minimum atomic E-state index is -2.69. The smallest absolute Gasteiger partial charge is 0.463 e. The summed E-state index contributed by atoms with van der Waals surface area (Å²) >= 11 is 0. The number of ether oxygens (including phenoxy) is 3. The summed E-state index contributed by atoms with van der Waals surface area (Å²) in [5.41, 5.74) is 0. The number of nitrogens with zero attached hydrogens (tertiary/aromatic N) is 3. The van der Waals surface area contributed by atoms with Crippen LogP contribution in [0.2, 0.25) is 6.04 Å². The van der Waals surface area contributed by atoms with E-state index in [0.717, 1.165) is 6.42 Å². The maximum Gasteiger partial charge on any atom is 0.500 e. The van der Waals surface area contributed by atoms with E-state index in [-0.39, 0.29) is 31.2 Å². The average molecular weight is 414 g/mol. The van der Waals surface area contributed by atoms with Crippen LogP contribution in [0.1, 0.15) is 26.7 Å². The van der Waals surface area contributed by atoms with E-state index in [1.165, 1.54) is 0 Å². The first-order valence-corrected chi connectivity index (χ1v) is 11.3. The molecule has 0 aliphatic heterocycles. The van der Waals surface area contributed by atoms with Gasteiger partial charge in [0.1, 0.15) is 13.2 Å². The first kappa shape index (κ1) is 24.0. The van der Waals surface area contributed by atoms with E-state index in [0.29, 0.717) is 32.3 Å². The third-order valence-electron chi connectivity index (χ3n) is 3.29. The Morgan fingerprint density at radius 3 is 1.89 bits per heavy atom. The van der Waals surface area contributed by atoms with Crippen LogP contribution in [0.5, 0.6) is 18.0 Å². The number of aromatic nitrogens is 3. The Labute approximate surface area is 168 Å². The van der Waals surface area contributed by atoms with Gasteiger partial charge in [0.25, 0.3) is 0 Å². The van der Waals surface area contributed by atoms with Crippen molar-refractivity contribution in [1.82, 2.24) is 15.0 Å². The van der Waals surface area contributed by atoms with Crippen molar-refractivity contribution >= 4 is 8.80 Å². The van der Waals surface area contributed by atoms with Gasteiger partial charge < -0.3 is 27.5 Å². The van der Waals surface area contributed by atoms with Crippen molar-refractivity contribution in [2.24, 2.45) is 0 Å². The lowest BCUT2D eigenvalue weighted by Gasteiger charge is -2.27. The molecule has 0 fully saturated rings. The highest BCUT2D eigenvalue weighted by molar-refractivity contribution is 6.60. The second kappa shape index (κ2) is 14.1. The molecule has 0 bridgehead atoms. The van der Waals surface area contributed by atoms with Crippen molar-refractivity contribution in [1.29, 1.82) is 0 Å². The molecule has 1 atom stereocenters. The van der Waals surface area contributed by atoms with Crippen molar-refractivity contribution in [2.45, 2.75) is 32.7 Å². The van der Waals surface area contributed by atoms with E-state index in [9.17, 15) is 0 Å². The summed E-state index contributed by atoms with van der Waals surface area (Å²) in [4.78, 5) is 12.3. The highest BCUT2D eigenvalue weighted by atomic mass is 28.4. The predicted octanol–water partition coefficient (Wildman–Crippen LogP) is 2.82. The lowest BCUT2D eigenvalue weighted by Crippen LogP contribution is -2.45. The monoisotopic (exact) mass is 413 g/mol. The Bertz CT molecular complexity index is 562. The van der Waals surface area contributed by atoms with Crippen LogP contribution in [0.15, 0.2) is 25.3 Å². The van der Waals surface area contributed by atoms with Gasteiger partial charge in [-0.1, -0.05) is 32.2 Å². The number of hydrogen-bond donors (Lipinski definition) is 0. The van der Waals surface area contributed by atoms with E-state index >= 15 is 0 Å². The van der Waals surface area contributed by atoms with Crippen LogP contribution in [-0.4, -0.2) is 63.9 Å². The van der Waals surface area contributed by atoms with Crippen LogP contribution >= 0.6 is 0 Å². The zero-order valence-corrected chi connectivity index (χ0v) is 18.0. The van der Waals surface area contributed by atoms with Gasteiger partial charge in [-0.2, -0.15) is 0 Å². The Balaban J connectivity index is 2.67. The summed E-state index contributed by atoms with van der Waals surface area (Å²) in [6.07, 6.45) is 4.73. The molecule has 1 aromatic heterocycles. The van der Waals surface area contributed by atoms with Gasteiger partial charge in [-0.05, 0) is 19.8 Å². The molecule has 0 spiro atoms. The number of hydrogen-bond acceptors (Lipinski definition) is 9. The molecule has 158 valence electrons. The molecule has 0 saturated heterocycles. The molecule has 1 aromatic rings. The Morgan fingerprint density at radius 2 is 1.43 bits per heavy atom. The average Bonchev–Trinajstić information content (AvgIpc) is 2.72. The summed E-state index contributed by atoms with van der Waals surface area (Å²) in [7, 11) is -1.07. The van der Waals surface area contributed by atoms with Gasteiger partial charge in [0.05, 0.1) is 6.61 Å². The van der Waals surface area contributed by atoms with Gasteiger partial charge in [-0.3, -0.25) is 0 Å². The van der Waals surface area contributed by atoms with Crippen molar-refractivity contribution < 1.29 is 27.5 Å². The fourth-order valence-electron chi connectivity index (χ4n) is 2.12. The van der Waals surface area contributed by atoms with E-state index in [1.807, 2.05) is 13.8 Å². The fraction of sp³-hybridized carbons (Fsp3) is 0.611. The van der Waals surface area contributed by atoms with Crippen LogP contribution in [0, 0.1) is 0 Å². The molecular weight excluding hydrogens is 382 g/mol. The summed E-state index contributed by atoms with van der Waals surface area (Å²) in [6, 6.07) is 0.946. The van der Waals surface area contributed by atoms with Gasteiger partial charge in [0, 0.05) is 26.4 Å². The maximum atomic E-state index is 5.89. The lowest BCUT2D eigenvalue weighted by atomic mass is 10.5. The summed E-state index contributed by atoms with van der Waals surface area (Å²) in [6.45, 7) is 13.2. The second-order valence-corrected chi connectivity index (χ2v) is 8.35. The van der Waals surface area contributed by atoms with E-state index in [4.69, 9.17) is 27.5 Å². The van der Waals surface area contributed by atoms with Gasteiger partial charge in [0.2, 0.25) is 0 Å². The summed E-state index contributed by atoms with van der Waals surface area (Å²) in [5.74, 6) is 0. The molecule has 0 aliphatic rings. The minimum Gasteiger partial charge on any atom is -0.463 e. The highest BCUT2D eigenvalue weighted by Crippen LogP contribution is 2.19. The van der Waals surface area contributed by atoms with Crippen molar-refractivity contribution in [3.05, 3.63) is 25.3 Å². The Hall–Kier alpha value is -2.01. The Kier molecular flexibility index (Phi) is 12.1. The zero-order chi connectivity index (χ0) is 20.7. The van der Waals surface area contributed by atoms with Crippen LogP contribution in [-0.2, 0) is 13.3 Å². The van der Waals surface area contributed by atoms with Crippen molar-refractivity contribution in [3.8, 4) is 18.0 Å². The summed E-state index contributed by atoms with van der Waals surface area (Å²) in [5, 5.41) is 0. The standard InChI is InChI=1S/C18H31N3O6Si/c1-6-11-23-16-19-17(24-12-7-2)21-18(20-16)25-14-10-15-28(22-5,26-9-4)27-13-8-3/h6-7H,1-2,8-15H2,3-5H3. The van der Waals surface area contributed by atoms with Crippen molar-refractivity contribution in [3.63, 3.8) is 0 Å². The predicted molar refractivity (Wildman–Crippen MR) is 107 cm³/mol. The van der Waals surface area contributed by atoms with E-state index < -0.39 is 8.80 Å². The minimum absolute atomic E-state index is 0.102. The van der Waals surface area contributed by atoms with Gasteiger partial charge in [-0.15, -0.1) is 15.0 Å².